The van der Waals surface area contributed by atoms with Crippen molar-refractivity contribution in [3.8, 4) is 11.5 Å². The first-order valence-corrected chi connectivity index (χ1v) is 11.8. The number of esters is 1. The second-order valence-corrected chi connectivity index (χ2v) is 9.26. The standard InChI is InChI=1S/C24H20Cl2N2O5S/c1-4-33-23(31)19-12(2)27-24-28(20(19)13-6-5-7-16(9-13)32-3)22(30)18(34-24)10-14-8-15(25)11-17(26)21(14)29/h5-11,20,29H,4H2,1-3H3/b18-10-/t20-/m1/s1. The van der Waals surface area contributed by atoms with Gasteiger partial charge in [-0.25, -0.2) is 9.79 Å². The summed E-state index contributed by atoms with van der Waals surface area (Å²) in [6.07, 6.45) is 1.50. The Morgan fingerprint density at radius 2 is 2.06 bits per heavy atom. The molecule has 0 saturated heterocycles. The Hall–Kier alpha value is -3.07. The van der Waals surface area contributed by atoms with Crippen LogP contribution < -0.4 is 19.6 Å². The number of carbonyl (C=O) groups excluding carboxylic acids is 1. The molecule has 10 heteroatoms. The summed E-state index contributed by atoms with van der Waals surface area (Å²) in [4.78, 5) is 31.5. The van der Waals surface area contributed by atoms with E-state index in [1.165, 1.54) is 22.8 Å². The van der Waals surface area contributed by atoms with Gasteiger partial charge in [0.25, 0.3) is 5.56 Å². The summed E-state index contributed by atoms with van der Waals surface area (Å²) >= 11 is 13.2. The number of halogens is 2. The number of fused-ring (bicyclic) bond motifs is 1. The fourth-order valence-corrected chi connectivity index (χ4v) is 5.30. The first-order valence-electron chi connectivity index (χ1n) is 10.3. The molecule has 0 saturated carbocycles. The van der Waals surface area contributed by atoms with Crippen molar-refractivity contribution in [3.05, 3.63) is 88.5 Å². The summed E-state index contributed by atoms with van der Waals surface area (Å²) in [6, 6.07) is 9.29. The molecule has 0 fully saturated rings. The molecule has 4 rings (SSSR count). The van der Waals surface area contributed by atoms with Gasteiger partial charge in [0.05, 0.1) is 40.6 Å². The first kappa shape index (κ1) is 24.1. The molecular formula is C24H20Cl2N2O5S. The maximum absolute atomic E-state index is 13.6. The van der Waals surface area contributed by atoms with Crippen LogP contribution in [0.2, 0.25) is 10.0 Å². The maximum atomic E-state index is 13.6. The SMILES string of the molecule is CCOC(=O)C1=C(C)N=c2s/c(=C\c3cc(Cl)cc(Cl)c3O)c(=O)n2[C@@H]1c1cccc(OC)c1. The van der Waals surface area contributed by atoms with E-state index in [1.807, 2.05) is 6.07 Å². The lowest BCUT2D eigenvalue weighted by molar-refractivity contribution is -0.139. The van der Waals surface area contributed by atoms with E-state index in [1.54, 1.807) is 39.2 Å². The highest BCUT2D eigenvalue weighted by Gasteiger charge is 2.33. The number of hydrogen-bond donors (Lipinski definition) is 1. The zero-order chi connectivity index (χ0) is 24.6. The largest absolute Gasteiger partial charge is 0.506 e. The number of benzene rings is 2. The van der Waals surface area contributed by atoms with Gasteiger partial charge in [-0.15, -0.1) is 0 Å². The van der Waals surface area contributed by atoms with E-state index in [9.17, 15) is 14.7 Å². The highest BCUT2D eigenvalue weighted by Crippen LogP contribution is 2.33. The molecule has 176 valence electrons. The minimum absolute atomic E-state index is 0.0706. The molecule has 1 aliphatic heterocycles. The third-order valence-corrected chi connectivity index (χ3v) is 6.76. The van der Waals surface area contributed by atoms with Gasteiger partial charge in [-0.2, -0.15) is 0 Å². The molecule has 1 N–H and O–H groups in total. The Morgan fingerprint density at radius 1 is 1.29 bits per heavy atom. The van der Waals surface area contributed by atoms with Gasteiger partial charge < -0.3 is 14.6 Å². The Kier molecular flexibility index (Phi) is 6.84. The van der Waals surface area contributed by atoms with E-state index in [0.29, 0.717) is 32.4 Å². The summed E-state index contributed by atoms with van der Waals surface area (Å²) in [7, 11) is 1.54. The van der Waals surface area contributed by atoms with Crippen LogP contribution in [0.3, 0.4) is 0 Å². The molecule has 2 aromatic carbocycles. The van der Waals surface area contributed by atoms with E-state index < -0.39 is 12.0 Å². The van der Waals surface area contributed by atoms with Gasteiger partial charge in [0.2, 0.25) is 0 Å². The minimum atomic E-state index is -0.774. The van der Waals surface area contributed by atoms with E-state index in [-0.39, 0.29) is 33.0 Å². The van der Waals surface area contributed by atoms with Crippen LogP contribution in [-0.2, 0) is 9.53 Å². The van der Waals surface area contributed by atoms with Crippen molar-refractivity contribution in [2.24, 2.45) is 4.99 Å². The molecule has 0 radical (unpaired) electrons. The van der Waals surface area contributed by atoms with Gasteiger partial charge in [-0.05, 0) is 49.8 Å². The number of ether oxygens (including phenoxy) is 2. The monoisotopic (exact) mass is 518 g/mol. The lowest BCUT2D eigenvalue weighted by Crippen LogP contribution is -2.39. The van der Waals surface area contributed by atoms with Crippen LogP contribution in [0.5, 0.6) is 11.5 Å². The Bertz CT molecular complexity index is 1510. The summed E-state index contributed by atoms with van der Waals surface area (Å²) < 4.78 is 12.4. The number of nitrogens with zero attached hydrogens (tertiary/aromatic N) is 2. The fourth-order valence-electron chi connectivity index (χ4n) is 3.76. The summed E-state index contributed by atoms with van der Waals surface area (Å²) in [5.74, 6) is -0.161. The Labute approximate surface area is 208 Å². The number of carbonyl (C=O) groups is 1. The van der Waals surface area contributed by atoms with Crippen molar-refractivity contribution in [1.82, 2.24) is 4.57 Å². The normalized spacial score (nSPS) is 15.7. The van der Waals surface area contributed by atoms with Crippen LogP contribution in [0, 0.1) is 0 Å². The number of hydrogen-bond acceptors (Lipinski definition) is 7. The predicted octanol–water partition coefficient (Wildman–Crippen LogP) is 3.82. The third-order valence-electron chi connectivity index (χ3n) is 5.27. The number of rotatable bonds is 5. The molecule has 0 amide bonds. The van der Waals surface area contributed by atoms with E-state index >= 15 is 0 Å². The molecule has 3 aromatic rings. The van der Waals surface area contributed by atoms with Crippen molar-refractivity contribution in [3.63, 3.8) is 0 Å². The van der Waals surface area contributed by atoms with Crippen molar-refractivity contribution in [2.75, 3.05) is 13.7 Å². The molecular weight excluding hydrogens is 499 g/mol. The average molecular weight is 519 g/mol. The van der Waals surface area contributed by atoms with E-state index in [2.05, 4.69) is 4.99 Å². The quantitative estimate of drug-likeness (QED) is 0.518. The average Bonchev–Trinajstić information content (AvgIpc) is 3.10. The first-order chi connectivity index (χ1) is 16.2. The molecule has 0 aliphatic carbocycles. The molecule has 1 atom stereocenters. The van der Waals surface area contributed by atoms with Gasteiger partial charge in [0.15, 0.2) is 4.80 Å². The lowest BCUT2D eigenvalue weighted by Gasteiger charge is -2.25. The molecule has 1 aromatic heterocycles. The lowest BCUT2D eigenvalue weighted by atomic mass is 9.95. The molecule has 1 aliphatic rings. The minimum Gasteiger partial charge on any atom is -0.506 e. The van der Waals surface area contributed by atoms with E-state index in [4.69, 9.17) is 32.7 Å². The number of aromatic nitrogens is 1. The van der Waals surface area contributed by atoms with Gasteiger partial charge in [-0.3, -0.25) is 9.36 Å². The number of methoxy groups -OCH3 is 1. The fraction of sp³-hybridized carbons (Fsp3) is 0.208. The topological polar surface area (TPSA) is 90.1 Å². The number of phenols is 1. The Balaban J connectivity index is 1.99. The number of aromatic hydroxyl groups is 1. The molecule has 0 bridgehead atoms. The number of phenolic OH excluding ortho intramolecular Hbond substituents is 1. The molecule has 0 spiro atoms. The van der Waals surface area contributed by atoms with Crippen LogP contribution >= 0.6 is 34.5 Å². The third kappa shape index (κ3) is 4.36. The molecule has 2 heterocycles. The summed E-state index contributed by atoms with van der Waals surface area (Å²) in [5, 5.41) is 10.7. The summed E-state index contributed by atoms with van der Waals surface area (Å²) in [5.41, 5.74) is 1.29. The van der Waals surface area contributed by atoms with Crippen molar-refractivity contribution in [2.45, 2.75) is 19.9 Å². The maximum Gasteiger partial charge on any atom is 0.338 e. The van der Waals surface area contributed by atoms with Crippen LogP contribution in [0.1, 0.15) is 31.0 Å². The van der Waals surface area contributed by atoms with Gasteiger partial charge >= 0.3 is 5.97 Å². The molecule has 7 nitrogen and oxygen atoms in total. The van der Waals surface area contributed by atoms with Gasteiger partial charge in [-0.1, -0.05) is 46.7 Å². The van der Waals surface area contributed by atoms with Crippen LogP contribution in [0.15, 0.2) is 57.5 Å². The van der Waals surface area contributed by atoms with Crippen molar-refractivity contribution >= 4 is 46.6 Å². The van der Waals surface area contributed by atoms with Gasteiger partial charge in [0.1, 0.15) is 11.5 Å². The number of thiazole rings is 1. The zero-order valence-corrected chi connectivity index (χ0v) is 20.8. The van der Waals surface area contributed by atoms with Crippen molar-refractivity contribution < 1.29 is 19.4 Å². The van der Waals surface area contributed by atoms with E-state index in [0.717, 1.165) is 11.3 Å². The smallest absolute Gasteiger partial charge is 0.338 e. The highest BCUT2D eigenvalue weighted by atomic mass is 35.5. The predicted molar refractivity (Wildman–Crippen MR) is 132 cm³/mol. The zero-order valence-electron chi connectivity index (χ0n) is 18.5. The van der Waals surface area contributed by atoms with Crippen LogP contribution in [-0.4, -0.2) is 29.4 Å². The molecule has 0 unspecified atom stereocenters. The van der Waals surface area contributed by atoms with Crippen LogP contribution in [0.4, 0.5) is 0 Å². The van der Waals surface area contributed by atoms with Gasteiger partial charge in [0, 0.05) is 10.6 Å². The highest BCUT2D eigenvalue weighted by molar-refractivity contribution is 7.07. The second-order valence-electron chi connectivity index (χ2n) is 7.40. The number of allylic oxidation sites excluding steroid dienone is 1. The van der Waals surface area contributed by atoms with Crippen molar-refractivity contribution in [1.29, 1.82) is 0 Å². The van der Waals surface area contributed by atoms with Crippen LogP contribution in [0.25, 0.3) is 6.08 Å². The Morgan fingerprint density at radius 3 is 2.76 bits per heavy atom. The second kappa shape index (κ2) is 9.66. The summed E-state index contributed by atoms with van der Waals surface area (Å²) in [6.45, 7) is 3.60. The molecule has 34 heavy (non-hydrogen) atoms.